The van der Waals surface area contributed by atoms with Gasteiger partial charge in [-0.05, 0) is 41.8 Å². The molecule has 7 heteroatoms. The minimum atomic E-state index is -0.395. The standard InChI is InChI=1S/C15H11FN4OS/c16-11-5-3-10(4-6-11)13-8-14(19-18-13)15(21)20-17-9-12-2-1-7-22-12/h1-9H,(H,18,19)(H,20,21). The van der Waals surface area contributed by atoms with E-state index in [4.69, 9.17) is 0 Å². The van der Waals surface area contributed by atoms with Crippen molar-refractivity contribution in [2.45, 2.75) is 0 Å². The van der Waals surface area contributed by atoms with Crippen LogP contribution >= 0.6 is 11.3 Å². The molecule has 0 aliphatic rings. The second-order valence-corrected chi connectivity index (χ2v) is 5.37. The number of halogens is 1. The van der Waals surface area contributed by atoms with E-state index in [2.05, 4.69) is 20.7 Å². The van der Waals surface area contributed by atoms with Crippen molar-refractivity contribution >= 4 is 23.5 Å². The zero-order chi connectivity index (χ0) is 15.4. The van der Waals surface area contributed by atoms with Crippen LogP contribution in [0.25, 0.3) is 11.3 Å². The lowest BCUT2D eigenvalue weighted by Crippen LogP contribution is -2.17. The third kappa shape index (κ3) is 3.26. The zero-order valence-corrected chi connectivity index (χ0v) is 12.1. The summed E-state index contributed by atoms with van der Waals surface area (Å²) in [4.78, 5) is 12.9. The topological polar surface area (TPSA) is 70.1 Å². The maximum absolute atomic E-state index is 12.9. The van der Waals surface area contributed by atoms with E-state index in [9.17, 15) is 9.18 Å². The predicted octanol–water partition coefficient (Wildman–Crippen LogP) is 3.04. The SMILES string of the molecule is O=C(NN=Cc1cccs1)c1cc(-c2ccc(F)cc2)n[nH]1. The average molecular weight is 314 g/mol. The molecule has 1 amide bonds. The van der Waals surface area contributed by atoms with Crippen molar-refractivity contribution in [1.29, 1.82) is 0 Å². The Morgan fingerprint density at radius 1 is 1.32 bits per heavy atom. The van der Waals surface area contributed by atoms with E-state index >= 15 is 0 Å². The molecule has 0 spiro atoms. The van der Waals surface area contributed by atoms with Crippen molar-refractivity contribution in [2.24, 2.45) is 5.10 Å². The van der Waals surface area contributed by atoms with Gasteiger partial charge in [0.2, 0.25) is 0 Å². The molecule has 0 radical (unpaired) electrons. The number of hydrogen-bond acceptors (Lipinski definition) is 4. The molecule has 5 nitrogen and oxygen atoms in total. The number of carbonyl (C=O) groups is 1. The number of aromatic amines is 1. The van der Waals surface area contributed by atoms with Gasteiger partial charge in [0.15, 0.2) is 0 Å². The lowest BCUT2D eigenvalue weighted by molar-refractivity contribution is 0.0950. The normalized spacial score (nSPS) is 11.0. The summed E-state index contributed by atoms with van der Waals surface area (Å²) in [5.41, 5.74) is 3.98. The lowest BCUT2D eigenvalue weighted by atomic mass is 10.1. The van der Waals surface area contributed by atoms with Gasteiger partial charge in [0.1, 0.15) is 11.5 Å². The molecule has 110 valence electrons. The summed E-state index contributed by atoms with van der Waals surface area (Å²) in [5.74, 6) is -0.714. The quantitative estimate of drug-likeness (QED) is 0.574. The highest BCUT2D eigenvalue weighted by atomic mass is 32.1. The van der Waals surface area contributed by atoms with E-state index in [1.165, 1.54) is 23.5 Å². The number of rotatable bonds is 4. The number of hydrazone groups is 1. The van der Waals surface area contributed by atoms with Gasteiger partial charge in [0.05, 0.1) is 11.9 Å². The maximum atomic E-state index is 12.9. The van der Waals surface area contributed by atoms with Crippen LogP contribution in [0.4, 0.5) is 4.39 Å². The molecule has 1 aromatic carbocycles. The third-order valence-corrected chi connectivity index (χ3v) is 3.67. The molecule has 3 aromatic rings. The van der Waals surface area contributed by atoms with E-state index < -0.39 is 5.91 Å². The van der Waals surface area contributed by atoms with Crippen LogP contribution in [0, 0.1) is 5.82 Å². The molecule has 0 unspecified atom stereocenters. The van der Waals surface area contributed by atoms with Gasteiger partial charge in [-0.15, -0.1) is 11.3 Å². The Hall–Kier alpha value is -2.80. The summed E-state index contributed by atoms with van der Waals surface area (Å²) in [5, 5.41) is 12.5. The highest BCUT2D eigenvalue weighted by molar-refractivity contribution is 7.11. The number of nitrogens with one attached hydrogen (secondary N) is 2. The number of H-pyrrole nitrogens is 1. The Kier molecular flexibility index (Phi) is 4.06. The van der Waals surface area contributed by atoms with Gasteiger partial charge in [-0.3, -0.25) is 9.89 Å². The molecule has 2 N–H and O–H groups in total. The van der Waals surface area contributed by atoms with Gasteiger partial charge >= 0.3 is 0 Å². The molecule has 2 aromatic heterocycles. The summed E-state index contributed by atoms with van der Waals surface area (Å²) < 4.78 is 12.9. The van der Waals surface area contributed by atoms with Gasteiger partial charge < -0.3 is 0 Å². The molecule has 0 saturated carbocycles. The van der Waals surface area contributed by atoms with E-state index in [-0.39, 0.29) is 11.5 Å². The second-order valence-electron chi connectivity index (χ2n) is 4.39. The van der Waals surface area contributed by atoms with Gasteiger partial charge in [-0.25, -0.2) is 9.82 Å². The highest BCUT2D eigenvalue weighted by Crippen LogP contribution is 2.17. The van der Waals surface area contributed by atoms with Crippen molar-refractivity contribution in [3.05, 3.63) is 64.2 Å². The number of nitrogens with zero attached hydrogens (tertiary/aromatic N) is 2. The Morgan fingerprint density at radius 3 is 2.86 bits per heavy atom. The van der Waals surface area contributed by atoms with Crippen LogP contribution in [0.2, 0.25) is 0 Å². The zero-order valence-electron chi connectivity index (χ0n) is 11.3. The average Bonchev–Trinajstić information content (AvgIpc) is 3.19. The first-order chi connectivity index (χ1) is 10.7. The second kappa shape index (κ2) is 6.31. The minimum Gasteiger partial charge on any atom is -0.272 e. The molecule has 2 heterocycles. The van der Waals surface area contributed by atoms with Crippen LogP contribution in [0.15, 0.2) is 52.9 Å². The Bertz CT molecular complexity index is 793. The van der Waals surface area contributed by atoms with Crippen LogP contribution < -0.4 is 5.43 Å². The highest BCUT2D eigenvalue weighted by Gasteiger charge is 2.10. The van der Waals surface area contributed by atoms with Crippen LogP contribution in [0.3, 0.4) is 0 Å². The molecule has 0 saturated heterocycles. The molecule has 3 rings (SSSR count). The van der Waals surface area contributed by atoms with Crippen LogP contribution in [0.5, 0.6) is 0 Å². The molecule has 0 atom stereocenters. The molecular formula is C15H11FN4OS. The monoisotopic (exact) mass is 314 g/mol. The lowest BCUT2D eigenvalue weighted by Gasteiger charge is -1.95. The number of hydrogen-bond donors (Lipinski definition) is 2. The van der Waals surface area contributed by atoms with Crippen molar-refractivity contribution in [2.75, 3.05) is 0 Å². The smallest absolute Gasteiger partial charge is 0.272 e. The molecule has 0 bridgehead atoms. The van der Waals surface area contributed by atoms with Gasteiger partial charge in [0, 0.05) is 10.4 Å². The van der Waals surface area contributed by atoms with Crippen molar-refractivity contribution < 1.29 is 9.18 Å². The van der Waals surface area contributed by atoms with Crippen molar-refractivity contribution in [1.82, 2.24) is 15.6 Å². The Labute approximate surface area is 129 Å². The number of aromatic nitrogens is 2. The Balaban J connectivity index is 1.68. The summed E-state index contributed by atoms with van der Waals surface area (Å²) in [6.07, 6.45) is 1.57. The van der Waals surface area contributed by atoms with E-state index in [0.29, 0.717) is 5.69 Å². The fourth-order valence-corrected chi connectivity index (χ4v) is 2.37. The van der Waals surface area contributed by atoms with E-state index in [1.54, 1.807) is 24.4 Å². The van der Waals surface area contributed by atoms with Gasteiger partial charge in [-0.2, -0.15) is 10.2 Å². The molecule has 0 aliphatic heterocycles. The van der Waals surface area contributed by atoms with E-state index in [1.807, 2.05) is 17.5 Å². The summed E-state index contributed by atoms with van der Waals surface area (Å²) in [6.45, 7) is 0. The molecule has 22 heavy (non-hydrogen) atoms. The number of thiophene rings is 1. The summed E-state index contributed by atoms with van der Waals surface area (Å²) in [7, 11) is 0. The number of benzene rings is 1. The van der Waals surface area contributed by atoms with Gasteiger partial charge in [-0.1, -0.05) is 6.07 Å². The van der Waals surface area contributed by atoms with Crippen LogP contribution in [0.1, 0.15) is 15.4 Å². The Morgan fingerprint density at radius 2 is 2.14 bits per heavy atom. The predicted molar refractivity (Wildman–Crippen MR) is 83.4 cm³/mol. The third-order valence-electron chi connectivity index (χ3n) is 2.86. The fourth-order valence-electron chi connectivity index (χ4n) is 1.79. The summed E-state index contributed by atoms with van der Waals surface area (Å²) in [6, 6.07) is 11.3. The number of carbonyl (C=O) groups excluding carboxylic acids is 1. The largest absolute Gasteiger partial charge is 0.289 e. The fraction of sp³-hybridized carbons (Fsp3) is 0. The van der Waals surface area contributed by atoms with Crippen LogP contribution in [-0.4, -0.2) is 22.3 Å². The first kappa shape index (κ1) is 14.2. The molecular weight excluding hydrogens is 303 g/mol. The first-order valence-corrected chi connectivity index (χ1v) is 7.28. The van der Waals surface area contributed by atoms with E-state index in [0.717, 1.165) is 10.4 Å². The van der Waals surface area contributed by atoms with Gasteiger partial charge in [0.25, 0.3) is 5.91 Å². The van der Waals surface area contributed by atoms with Crippen molar-refractivity contribution in [3.63, 3.8) is 0 Å². The number of amides is 1. The van der Waals surface area contributed by atoms with Crippen molar-refractivity contribution in [3.8, 4) is 11.3 Å². The maximum Gasteiger partial charge on any atom is 0.289 e. The first-order valence-electron chi connectivity index (χ1n) is 6.40. The summed E-state index contributed by atoms with van der Waals surface area (Å²) >= 11 is 1.52. The van der Waals surface area contributed by atoms with Crippen LogP contribution in [-0.2, 0) is 0 Å². The minimum absolute atomic E-state index is 0.280. The molecule has 0 fully saturated rings. The molecule has 0 aliphatic carbocycles.